The Hall–Kier alpha value is -3.95. The molecule has 2 aromatic heterocycles. The zero-order chi connectivity index (χ0) is 36.7. The number of aromatic nitrogens is 3. The third kappa shape index (κ3) is 8.89. The summed E-state index contributed by atoms with van der Waals surface area (Å²) in [4.78, 5) is 20.3. The van der Waals surface area contributed by atoms with E-state index >= 15 is 0 Å². The zero-order valence-corrected chi connectivity index (χ0v) is 32.2. The van der Waals surface area contributed by atoms with Crippen molar-refractivity contribution in [3.63, 3.8) is 0 Å². The number of hydrogen-bond acceptors (Lipinski definition) is 12. The molecular weight excluding hydrogens is 733 g/mol. The first-order valence-electron chi connectivity index (χ1n) is 17.9. The number of benzene rings is 3. The fourth-order valence-electron chi connectivity index (χ4n) is 6.64. The second-order valence-corrected chi connectivity index (χ2v) is 15.8. The van der Waals surface area contributed by atoms with Gasteiger partial charge in [0, 0.05) is 86.8 Å². The van der Waals surface area contributed by atoms with Crippen LogP contribution in [0, 0.1) is 11.6 Å². The number of thioether (sulfide) groups is 1. The Morgan fingerprint density at radius 1 is 0.981 bits per heavy atom. The first kappa shape index (κ1) is 37.4. The summed E-state index contributed by atoms with van der Waals surface area (Å²) < 4.78 is 37.4. The van der Waals surface area contributed by atoms with Crippen molar-refractivity contribution >= 4 is 58.1 Å². The van der Waals surface area contributed by atoms with E-state index < -0.39 is 11.6 Å². The van der Waals surface area contributed by atoms with Crippen LogP contribution in [-0.4, -0.2) is 82.9 Å². The van der Waals surface area contributed by atoms with Crippen molar-refractivity contribution in [2.24, 2.45) is 0 Å². The first-order valence-corrected chi connectivity index (χ1v) is 20.9. The van der Waals surface area contributed by atoms with Crippen molar-refractivity contribution in [1.29, 1.82) is 0 Å². The fraction of sp³-hybridized carbons (Fsp3) is 0.359. The smallest absolute Gasteiger partial charge is 0.227 e. The van der Waals surface area contributed by atoms with Gasteiger partial charge in [-0.1, -0.05) is 25.1 Å². The van der Waals surface area contributed by atoms with Gasteiger partial charge in [-0.2, -0.15) is 11.8 Å². The van der Waals surface area contributed by atoms with Crippen LogP contribution in [0.2, 0.25) is 0 Å². The van der Waals surface area contributed by atoms with Crippen molar-refractivity contribution in [1.82, 2.24) is 19.9 Å². The van der Waals surface area contributed by atoms with E-state index in [0.717, 1.165) is 102 Å². The highest BCUT2D eigenvalue weighted by atomic mass is 32.2. The van der Waals surface area contributed by atoms with Crippen LogP contribution < -0.4 is 14.9 Å². The van der Waals surface area contributed by atoms with E-state index in [-0.39, 0.29) is 16.6 Å². The number of phenolic OH excluding ortho intramolecular Hbond substituents is 1. The first-order chi connectivity index (χ1) is 25.9. The summed E-state index contributed by atoms with van der Waals surface area (Å²) in [6, 6.07) is 17.2. The van der Waals surface area contributed by atoms with E-state index in [1.165, 1.54) is 18.2 Å². The van der Waals surface area contributed by atoms with Gasteiger partial charge in [-0.3, -0.25) is 4.90 Å². The summed E-state index contributed by atoms with van der Waals surface area (Å²) >= 11 is 4.38. The van der Waals surface area contributed by atoms with Crippen LogP contribution >= 0.6 is 35.0 Å². The van der Waals surface area contributed by atoms with Crippen LogP contribution in [0.4, 0.5) is 31.8 Å². The number of ether oxygens (including phenoxy) is 1. The molecule has 4 heterocycles. The van der Waals surface area contributed by atoms with E-state index in [2.05, 4.69) is 38.0 Å². The largest absolute Gasteiger partial charge is 0.506 e. The number of aryl methyl sites for hydroxylation is 1. The predicted octanol–water partition coefficient (Wildman–Crippen LogP) is 9.06. The Balaban J connectivity index is 1.15. The van der Waals surface area contributed by atoms with Crippen LogP contribution in [-0.2, 0) is 11.2 Å². The number of anilines is 4. The van der Waals surface area contributed by atoms with Crippen LogP contribution in [0.1, 0.15) is 36.3 Å². The lowest BCUT2D eigenvalue weighted by atomic mass is 10.0. The monoisotopic (exact) mass is 775 g/mol. The molecule has 3 aromatic carbocycles. The lowest BCUT2D eigenvalue weighted by molar-refractivity contribution is 0.0853. The number of halogens is 2. The summed E-state index contributed by atoms with van der Waals surface area (Å²) in [5.41, 5.74) is 5.74. The van der Waals surface area contributed by atoms with Gasteiger partial charge in [0.25, 0.3) is 0 Å². The number of rotatable bonds is 13. The maximum absolute atomic E-state index is 14.3. The minimum absolute atomic E-state index is 0.0956. The molecule has 0 unspecified atom stereocenters. The number of phenols is 1. The molecular formula is C39H43F2N7O2S3. The van der Waals surface area contributed by atoms with Crippen molar-refractivity contribution < 1.29 is 18.6 Å². The summed E-state index contributed by atoms with van der Waals surface area (Å²) in [7, 11) is 0. The van der Waals surface area contributed by atoms with E-state index in [1.54, 1.807) is 17.5 Å². The molecule has 3 N–H and O–H groups in total. The van der Waals surface area contributed by atoms with Gasteiger partial charge in [-0.15, -0.1) is 11.3 Å². The molecule has 7 rings (SSSR count). The molecule has 2 saturated heterocycles. The SMILES string of the molecule is CCc1cc(Nc2nccc(-c3sc(C4CCOCC4)nc3-c3cccc(NSc4c(F)cccc4F)c3)n2)c(O)cc1N1CCN(CCSC)CC1. The zero-order valence-electron chi connectivity index (χ0n) is 29.8. The summed E-state index contributed by atoms with van der Waals surface area (Å²) in [5, 5.41) is 15.5. The van der Waals surface area contributed by atoms with E-state index in [9.17, 15) is 13.9 Å². The van der Waals surface area contributed by atoms with E-state index in [1.807, 2.05) is 54.2 Å². The number of thiazole rings is 1. The number of nitrogens with one attached hydrogen (secondary N) is 2. The fourth-order valence-corrected chi connectivity index (χ4v) is 8.99. The standard InChI is InChI=1S/C39H43F2N7O2S3/c1-3-25-23-32(34(49)24-33(25)48-16-14-47(15-17-48)18-21-51-2)44-39-42-13-10-31(43-39)37-35(45-38(52-37)26-11-19-50-20-12-26)27-6-4-7-28(22-27)46-53-36-29(40)8-5-9-30(36)41/h4-10,13,22-24,26,46,49H,3,11-12,14-21H2,1-2H3,(H,42,43,44). The normalized spacial score (nSPS) is 15.5. The van der Waals surface area contributed by atoms with Gasteiger partial charge < -0.3 is 24.8 Å². The molecule has 2 aliphatic rings. The molecule has 2 aliphatic heterocycles. The van der Waals surface area contributed by atoms with Crippen molar-refractivity contribution in [2.75, 3.05) is 72.9 Å². The molecule has 0 bridgehead atoms. The quantitative estimate of drug-likeness (QED) is 0.0790. The Kier molecular flexibility index (Phi) is 12.3. The van der Waals surface area contributed by atoms with Crippen molar-refractivity contribution in [3.8, 4) is 27.6 Å². The summed E-state index contributed by atoms with van der Waals surface area (Å²) in [6.45, 7) is 8.48. The topological polar surface area (TPSA) is 98.7 Å². The number of piperazine rings is 1. The van der Waals surface area contributed by atoms with E-state index in [4.69, 9.17) is 14.7 Å². The average Bonchev–Trinajstić information content (AvgIpc) is 3.64. The number of aromatic hydroxyl groups is 1. The minimum Gasteiger partial charge on any atom is -0.506 e. The highest BCUT2D eigenvalue weighted by Crippen LogP contribution is 2.42. The molecule has 0 atom stereocenters. The maximum Gasteiger partial charge on any atom is 0.227 e. The molecule has 9 nitrogen and oxygen atoms in total. The second-order valence-electron chi connectivity index (χ2n) is 13.0. The highest BCUT2D eigenvalue weighted by Gasteiger charge is 2.25. The van der Waals surface area contributed by atoms with Crippen molar-refractivity contribution in [3.05, 3.63) is 89.1 Å². The lowest BCUT2D eigenvalue weighted by Crippen LogP contribution is -2.47. The van der Waals surface area contributed by atoms with Crippen LogP contribution in [0.25, 0.3) is 21.8 Å². The number of hydrogen-bond donors (Lipinski definition) is 3. The molecule has 0 aliphatic carbocycles. The molecule has 0 amide bonds. The van der Waals surface area contributed by atoms with Gasteiger partial charge in [0.15, 0.2) is 0 Å². The van der Waals surface area contributed by atoms with E-state index in [0.29, 0.717) is 36.2 Å². The van der Waals surface area contributed by atoms with Gasteiger partial charge in [0.1, 0.15) is 17.4 Å². The van der Waals surface area contributed by atoms with Crippen LogP contribution in [0.3, 0.4) is 0 Å². The maximum atomic E-state index is 14.3. The van der Waals surface area contributed by atoms with Gasteiger partial charge in [-0.05, 0) is 79.4 Å². The minimum atomic E-state index is -0.625. The molecule has 0 spiro atoms. The van der Waals surface area contributed by atoms with Gasteiger partial charge in [0.2, 0.25) is 5.95 Å². The predicted molar refractivity (Wildman–Crippen MR) is 215 cm³/mol. The molecule has 53 heavy (non-hydrogen) atoms. The third-order valence-electron chi connectivity index (χ3n) is 9.58. The lowest BCUT2D eigenvalue weighted by Gasteiger charge is -2.37. The van der Waals surface area contributed by atoms with Crippen LogP contribution in [0.15, 0.2) is 71.8 Å². The van der Waals surface area contributed by atoms with Gasteiger partial charge in [0.05, 0.1) is 31.9 Å². The summed E-state index contributed by atoms with van der Waals surface area (Å²) in [6.07, 6.45) is 6.45. The molecule has 0 saturated carbocycles. The molecule has 5 aromatic rings. The molecule has 0 radical (unpaired) electrons. The highest BCUT2D eigenvalue weighted by molar-refractivity contribution is 8.00. The van der Waals surface area contributed by atoms with Crippen molar-refractivity contribution in [2.45, 2.75) is 37.0 Å². The van der Waals surface area contributed by atoms with Gasteiger partial charge >= 0.3 is 0 Å². The van der Waals surface area contributed by atoms with Crippen LogP contribution in [0.5, 0.6) is 5.75 Å². The number of nitrogens with zero attached hydrogens (tertiary/aromatic N) is 5. The third-order valence-corrected chi connectivity index (χ3v) is 12.3. The Bertz CT molecular complexity index is 2000. The Labute approximate surface area is 321 Å². The molecule has 14 heteroatoms. The Morgan fingerprint density at radius 3 is 2.51 bits per heavy atom. The molecule has 2 fully saturated rings. The average molecular weight is 776 g/mol. The molecule has 278 valence electrons. The summed E-state index contributed by atoms with van der Waals surface area (Å²) in [5.74, 6) is 0.663. The Morgan fingerprint density at radius 2 is 1.75 bits per heavy atom. The van der Waals surface area contributed by atoms with Gasteiger partial charge in [-0.25, -0.2) is 23.7 Å². The second kappa shape index (κ2) is 17.5.